The molecule has 0 aromatic heterocycles. The topological polar surface area (TPSA) is 70.2 Å². The summed E-state index contributed by atoms with van der Waals surface area (Å²) in [5, 5.41) is 8.80. The van der Waals surface area contributed by atoms with Gasteiger partial charge in [-0.3, -0.25) is 14.9 Å². The average molecular weight is 410 g/mol. The molecule has 26 heavy (non-hydrogen) atoms. The molecular weight excluding hydrogens is 393 g/mol. The van der Waals surface area contributed by atoms with Gasteiger partial charge in [-0.2, -0.15) is 0 Å². The Morgan fingerprint density at radius 2 is 1.54 bits per heavy atom. The number of benzene rings is 2. The average Bonchev–Trinajstić information content (AvgIpc) is 2.58. The normalized spacial score (nSPS) is 10.3. The van der Waals surface area contributed by atoms with Crippen molar-refractivity contribution in [2.24, 2.45) is 5.92 Å². The van der Waals surface area contributed by atoms with Crippen molar-refractivity contribution in [3.05, 3.63) is 58.1 Å². The van der Waals surface area contributed by atoms with Crippen molar-refractivity contribution >= 4 is 63.7 Å². The zero-order valence-corrected chi connectivity index (χ0v) is 16.4. The van der Waals surface area contributed by atoms with Crippen molar-refractivity contribution in [3.8, 4) is 0 Å². The number of carbonyl (C=O) groups excluding carboxylic acids is 2. The van der Waals surface area contributed by atoms with Crippen LogP contribution in [0.4, 0.5) is 11.4 Å². The molecule has 136 valence electrons. The van der Waals surface area contributed by atoms with Gasteiger partial charge in [0.05, 0.1) is 15.6 Å². The van der Waals surface area contributed by atoms with E-state index in [-0.39, 0.29) is 32.5 Å². The van der Waals surface area contributed by atoms with Crippen molar-refractivity contribution in [2.45, 2.75) is 13.8 Å². The highest BCUT2D eigenvalue weighted by molar-refractivity contribution is 7.80. The van der Waals surface area contributed by atoms with Gasteiger partial charge in [-0.1, -0.05) is 43.1 Å². The van der Waals surface area contributed by atoms with Crippen molar-refractivity contribution in [1.82, 2.24) is 5.32 Å². The summed E-state index contributed by atoms with van der Waals surface area (Å²) in [5.41, 5.74) is 1.57. The first-order valence-electron chi connectivity index (χ1n) is 7.75. The van der Waals surface area contributed by atoms with E-state index in [1.54, 1.807) is 42.5 Å². The lowest BCUT2D eigenvalue weighted by Crippen LogP contribution is -2.34. The summed E-state index contributed by atoms with van der Waals surface area (Å²) >= 11 is 17.1. The molecule has 0 saturated carbocycles. The third-order valence-corrected chi connectivity index (χ3v) is 4.38. The first kappa shape index (κ1) is 20.2. The SMILES string of the molecule is CC(C)C(=O)Nc1ccc(NC(=S)NC(=O)c2cccc(Cl)c2Cl)cc1. The molecule has 0 saturated heterocycles. The third-order valence-electron chi connectivity index (χ3n) is 3.36. The molecule has 5 nitrogen and oxygen atoms in total. The van der Waals surface area contributed by atoms with Crippen LogP contribution < -0.4 is 16.0 Å². The molecule has 8 heteroatoms. The Hall–Kier alpha value is -2.15. The largest absolute Gasteiger partial charge is 0.332 e. The Bertz CT molecular complexity index is 839. The molecule has 0 aliphatic rings. The summed E-state index contributed by atoms with van der Waals surface area (Å²) in [4.78, 5) is 23.9. The fourth-order valence-electron chi connectivity index (χ4n) is 1.94. The van der Waals surface area contributed by atoms with E-state index in [0.29, 0.717) is 11.4 Å². The van der Waals surface area contributed by atoms with E-state index < -0.39 is 5.91 Å². The second-order valence-electron chi connectivity index (χ2n) is 5.73. The molecule has 0 spiro atoms. The smallest absolute Gasteiger partial charge is 0.258 e. The van der Waals surface area contributed by atoms with Crippen LogP contribution in [-0.2, 0) is 4.79 Å². The maximum Gasteiger partial charge on any atom is 0.258 e. The Morgan fingerprint density at radius 1 is 0.962 bits per heavy atom. The Morgan fingerprint density at radius 3 is 2.12 bits per heavy atom. The lowest BCUT2D eigenvalue weighted by molar-refractivity contribution is -0.118. The van der Waals surface area contributed by atoms with Gasteiger partial charge in [-0.25, -0.2) is 0 Å². The van der Waals surface area contributed by atoms with E-state index in [1.807, 2.05) is 13.8 Å². The molecule has 0 fully saturated rings. The molecule has 2 aromatic rings. The number of anilines is 2. The summed E-state index contributed by atoms with van der Waals surface area (Å²) < 4.78 is 0. The van der Waals surface area contributed by atoms with E-state index >= 15 is 0 Å². The maximum absolute atomic E-state index is 12.2. The van der Waals surface area contributed by atoms with E-state index in [2.05, 4.69) is 16.0 Å². The van der Waals surface area contributed by atoms with Crippen LogP contribution in [0.5, 0.6) is 0 Å². The second-order valence-corrected chi connectivity index (χ2v) is 6.92. The van der Waals surface area contributed by atoms with E-state index in [0.717, 1.165) is 0 Å². The van der Waals surface area contributed by atoms with Gasteiger partial charge in [0.15, 0.2) is 5.11 Å². The molecule has 2 aromatic carbocycles. The molecule has 0 bridgehead atoms. The summed E-state index contributed by atoms with van der Waals surface area (Å²) in [6.07, 6.45) is 0. The van der Waals surface area contributed by atoms with E-state index in [4.69, 9.17) is 35.4 Å². The van der Waals surface area contributed by atoms with Gasteiger partial charge >= 0.3 is 0 Å². The lowest BCUT2D eigenvalue weighted by Gasteiger charge is -2.12. The van der Waals surface area contributed by atoms with Crippen LogP contribution >= 0.6 is 35.4 Å². The number of nitrogens with one attached hydrogen (secondary N) is 3. The first-order chi connectivity index (χ1) is 12.3. The van der Waals surface area contributed by atoms with Crippen molar-refractivity contribution in [3.63, 3.8) is 0 Å². The molecule has 0 atom stereocenters. The maximum atomic E-state index is 12.2. The van der Waals surface area contributed by atoms with Crippen molar-refractivity contribution in [1.29, 1.82) is 0 Å². The molecule has 0 aliphatic carbocycles. The van der Waals surface area contributed by atoms with Gasteiger partial charge in [0, 0.05) is 17.3 Å². The van der Waals surface area contributed by atoms with Gasteiger partial charge in [0.25, 0.3) is 5.91 Å². The van der Waals surface area contributed by atoms with E-state index in [9.17, 15) is 9.59 Å². The molecule has 2 amide bonds. The van der Waals surface area contributed by atoms with Crippen LogP contribution in [0.25, 0.3) is 0 Å². The van der Waals surface area contributed by atoms with Gasteiger partial charge in [-0.05, 0) is 48.6 Å². The Balaban J connectivity index is 1.96. The number of amides is 2. The molecule has 0 radical (unpaired) electrons. The van der Waals surface area contributed by atoms with Crippen LogP contribution in [0.15, 0.2) is 42.5 Å². The molecule has 2 rings (SSSR count). The quantitative estimate of drug-likeness (QED) is 0.639. The number of hydrogen-bond donors (Lipinski definition) is 3. The van der Waals surface area contributed by atoms with Crippen molar-refractivity contribution in [2.75, 3.05) is 10.6 Å². The third kappa shape index (κ3) is 5.42. The predicted octanol–water partition coefficient (Wildman–Crippen LogP) is 4.71. The van der Waals surface area contributed by atoms with Crippen LogP contribution in [0.2, 0.25) is 10.0 Å². The molecule has 0 unspecified atom stereocenters. The fraction of sp³-hybridized carbons (Fsp3) is 0.167. The van der Waals surface area contributed by atoms with Crippen molar-refractivity contribution < 1.29 is 9.59 Å². The van der Waals surface area contributed by atoms with Crippen LogP contribution in [0, 0.1) is 5.92 Å². The second kappa shape index (κ2) is 8.98. The van der Waals surface area contributed by atoms with Gasteiger partial charge < -0.3 is 10.6 Å². The van der Waals surface area contributed by atoms with Gasteiger partial charge in [0.1, 0.15) is 0 Å². The highest BCUT2D eigenvalue weighted by Crippen LogP contribution is 2.25. The lowest BCUT2D eigenvalue weighted by atomic mass is 10.2. The molecule has 0 heterocycles. The minimum atomic E-state index is -0.462. The summed E-state index contributed by atoms with van der Waals surface area (Å²) in [5.74, 6) is -0.628. The number of hydrogen-bond acceptors (Lipinski definition) is 3. The highest BCUT2D eigenvalue weighted by atomic mass is 35.5. The van der Waals surface area contributed by atoms with Crippen LogP contribution in [0.3, 0.4) is 0 Å². The van der Waals surface area contributed by atoms with Crippen LogP contribution in [0.1, 0.15) is 24.2 Å². The Kier molecular flexibility index (Phi) is 6.97. The minimum Gasteiger partial charge on any atom is -0.332 e. The highest BCUT2D eigenvalue weighted by Gasteiger charge is 2.14. The monoisotopic (exact) mass is 409 g/mol. The number of thiocarbonyl (C=S) groups is 1. The molecular formula is C18H17Cl2N3O2S. The number of halogens is 2. The fourth-order valence-corrected chi connectivity index (χ4v) is 2.53. The summed E-state index contributed by atoms with van der Waals surface area (Å²) in [7, 11) is 0. The standard InChI is InChI=1S/C18H17Cl2N3O2S/c1-10(2)16(24)21-11-6-8-12(9-7-11)22-18(26)23-17(25)13-4-3-5-14(19)15(13)20/h3-10H,1-2H3,(H,21,24)(H2,22,23,25,26). The molecule has 0 aliphatic heterocycles. The van der Waals surface area contributed by atoms with Gasteiger partial charge in [-0.15, -0.1) is 0 Å². The number of rotatable bonds is 4. The first-order valence-corrected chi connectivity index (χ1v) is 8.91. The molecule has 3 N–H and O–H groups in total. The zero-order valence-electron chi connectivity index (χ0n) is 14.1. The summed E-state index contributed by atoms with van der Waals surface area (Å²) in [6.45, 7) is 3.64. The van der Waals surface area contributed by atoms with Gasteiger partial charge in [0.2, 0.25) is 5.91 Å². The predicted molar refractivity (Wildman–Crippen MR) is 110 cm³/mol. The minimum absolute atomic E-state index is 0.0631. The Labute approximate surface area is 167 Å². The zero-order chi connectivity index (χ0) is 19.3. The summed E-state index contributed by atoms with van der Waals surface area (Å²) in [6, 6.07) is 11.7. The van der Waals surface area contributed by atoms with E-state index in [1.165, 1.54) is 0 Å². The number of carbonyl (C=O) groups is 2. The van der Waals surface area contributed by atoms with Crippen LogP contribution in [-0.4, -0.2) is 16.9 Å².